The van der Waals surface area contributed by atoms with Crippen LogP contribution < -0.4 is 0 Å². The minimum Gasteiger partial charge on any atom is -0.356 e. The molecular formula is C16H22FNO3. The van der Waals surface area contributed by atoms with Crippen LogP contribution in [0.15, 0.2) is 30.3 Å². The number of benzene rings is 1. The molecule has 2 rings (SSSR count). The SMILES string of the molecule is CCOCO[C@@H]1N(Cc2ccccc2)C(=O)[C@]1(C)[C@@H](C)F. The first-order valence-corrected chi connectivity index (χ1v) is 7.20. The van der Waals surface area contributed by atoms with Crippen molar-refractivity contribution in [2.24, 2.45) is 5.41 Å². The average Bonchev–Trinajstić information content (AvgIpc) is 2.50. The Balaban J connectivity index is 2.10. The molecule has 116 valence electrons. The Morgan fingerprint density at radius 2 is 2.05 bits per heavy atom. The van der Waals surface area contributed by atoms with Crippen LogP contribution in [0.1, 0.15) is 26.3 Å². The lowest BCUT2D eigenvalue weighted by Gasteiger charge is -2.54. The van der Waals surface area contributed by atoms with Gasteiger partial charge in [-0.15, -0.1) is 0 Å². The molecule has 21 heavy (non-hydrogen) atoms. The van der Waals surface area contributed by atoms with Crippen molar-refractivity contribution in [3.63, 3.8) is 0 Å². The van der Waals surface area contributed by atoms with Gasteiger partial charge in [0.15, 0.2) is 6.23 Å². The number of hydrogen-bond donors (Lipinski definition) is 0. The molecule has 4 nitrogen and oxygen atoms in total. The zero-order valence-corrected chi connectivity index (χ0v) is 12.7. The molecule has 1 aromatic rings. The number of alkyl halides is 1. The highest BCUT2D eigenvalue weighted by atomic mass is 19.1. The predicted molar refractivity (Wildman–Crippen MR) is 77.0 cm³/mol. The van der Waals surface area contributed by atoms with Crippen LogP contribution in [0.3, 0.4) is 0 Å². The summed E-state index contributed by atoms with van der Waals surface area (Å²) in [5.41, 5.74) is -0.143. The van der Waals surface area contributed by atoms with Crippen molar-refractivity contribution in [1.82, 2.24) is 4.90 Å². The van der Waals surface area contributed by atoms with Gasteiger partial charge in [-0.25, -0.2) is 4.39 Å². The molecule has 0 radical (unpaired) electrons. The first-order valence-electron chi connectivity index (χ1n) is 7.20. The second kappa shape index (κ2) is 6.54. The van der Waals surface area contributed by atoms with E-state index in [2.05, 4.69) is 0 Å². The Morgan fingerprint density at radius 3 is 2.62 bits per heavy atom. The van der Waals surface area contributed by atoms with E-state index < -0.39 is 17.8 Å². The number of carbonyl (C=O) groups excluding carboxylic acids is 1. The highest BCUT2D eigenvalue weighted by Crippen LogP contribution is 2.44. The van der Waals surface area contributed by atoms with Gasteiger partial charge in [0.05, 0.1) is 0 Å². The van der Waals surface area contributed by atoms with Crippen molar-refractivity contribution in [2.75, 3.05) is 13.4 Å². The molecule has 0 aromatic heterocycles. The van der Waals surface area contributed by atoms with Crippen molar-refractivity contribution in [2.45, 2.75) is 39.7 Å². The van der Waals surface area contributed by atoms with Gasteiger partial charge < -0.3 is 14.4 Å². The van der Waals surface area contributed by atoms with E-state index in [1.807, 2.05) is 37.3 Å². The summed E-state index contributed by atoms with van der Waals surface area (Å²) in [6.45, 7) is 5.85. The summed E-state index contributed by atoms with van der Waals surface area (Å²) in [4.78, 5) is 13.9. The van der Waals surface area contributed by atoms with E-state index in [1.165, 1.54) is 6.92 Å². The second-order valence-electron chi connectivity index (χ2n) is 5.45. The van der Waals surface area contributed by atoms with Crippen molar-refractivity contribution >= 4 is 5.91 Å². The fraction of sp³-hybridized carbons (Fsp3) is 0.562. The van der Waals surface area contributed by atoms with Crippen molar-refractivity contribution < 1.29 is 18.7 Å². The van der Waals surface area contributed by atoms with Crippen molar-refractivity contribution in [3.05, 3.63) is 35.9 Å². The fourth-order valence-electron chi connectivity index (χ4n) is 2.54. The summed E-state index contributed by atoms with van der Waals surface area (Å²) in [7, 11) is 0. The van der Waals surface area contributed by atoms with Crippen LogP contribution in [0.2, 0.25) is 0 Å². The average molecular weight is 295 g/mol. The molecule has 5 heteroatoms. The maximum absolute atomic E-state index is 13.9. The summed E-state index contributed by atoms with van der Waals surface area (Å²) < 4.78 is 24.6. The number of likely N-dealkylation sites (tertiary alicyclic amines) is 1. The molecular weight excluding hydrogens is 273 g/mol. The molecule has 1 aliphatic heterocycles. The predicted octanol–water partition coefficient (Wildman–Crippen LogP) is 2.73. The lowest BCUT2D eigenvalue weighted by Crippen LogP contribution is -2.71. The van der Waals surface area contributed by atoms with E-state index in [-0.39, 0.29) is 12.7 Å². The highest BCUT2D eigenvalue weighted by molar-refractivity contribution is 5.90. The van der Waals surface area contributed by atoms with Gasteiger partial charge in [0, 0.05) is 13.2 Å². The number of nitrogens with zero attached hydrogens (tertiary/aromatic N) is 1. The zero-order valence-electron chi connectivity index (χ0n) is 12.7. The number of halogens is 1. The number of β-lactam (4-membered cyclic amide) rings is 1. The Morgan fingerprint density at radius 1 is 1.38 bits per heavy atom. The van der Waals surface area contributed by atoms with E-state index in [0.29, 0.717) is 13.2 Å². The van der Waals surface area contributed by atoms with Crippen LogP contribution in [0.5, 0.6) is 0 Å². The molecule has 0 unspecified atom stereocenters. The minimum atomic E-state index is -1.27. The first kappa shape index (κ1) is 15.9. The summed E-state index contributed by atoms with van der Waals surface area (Å²) in [6.07, 6.45) is -1.87. The van der Waals surface area contributed by atoms with Crippen LogP contribution in [0.4, 0.5) is 4.39 Å². The third kappa shape index (κ3) is 2.94. The molecule has 0 bridgehead atoms. The van der Waals surface area contributed by atoms with E-state index in [4.69, 9.17) is 9.47 Å². The standard InChI is InChI=1S/C16H22FNO3/c1-4-20-11-21-15-16(3,12(2)17)14(19)18(15)10-13-8-6-5-7-9-13/h5-9,12,15H,4,10-11H2,1-3H3/t12-,15+,16+/m1/s1. The molecule has 0 aliphatic carbocycles. The third-order valence-electron chi connectivity index (χ3n) is 4.05. The molecule has 0 N–H and O–H groups in total. The van der Waals surface area contributed by atoms with Crippen LogP contribution in [0.25, 0.3) is 0 Å². The van der Waals surface area contributed by atoms with Gasteiger partial charge in [0.2, 0.25) is 5.91 Å². The number of amides is 1. The first-order chi connectivity index (χ1) is 10.0. The molecule has 1 aliphatic rings. The summed E-state index contributed by atoms with van der Waals surface area (Å²) in [5, 5.41) is 0. The van der Waals surface area contributed by atoms with Crippen LogP contribution in [-0.4, -0.2) is 36.6 Å². The normalized spacial score (nSPS) is 26.6. The third-order valence-corrected chi connectivity index (χ3v) is 4.05. The number of rotatable bonds is 7. The van der Waals surface area contributed by atoms with Gasteiger partial charge in [0.1, 0.15) is 18.4 Å². The monoisotopic (exact) mass is 295 g/mol. The molecule has 3 atom stereocenters. The molecule has 1 saturated heterocycles. The van der Waals surface area contributed by atoms with E-state index >= 15 is 0 Å². The second-order valence-corrected chi connectivity index (χ2v) is 5.45. The van der Waals surface area contributed by atoms with E-state index in [1.54, 1.807) is 11.8 Å². The smallest absolute Gasteiger partial charge is 0.238 e. The highest BCUT2D eigenvalue weighted by Gasteiger charge is 2.61. The minimum absolute atomic E-state index is 0.0576. The summed E-state index contributed by atoms with van der Waals surface area (Å²) >= 11 is 0. The van der Waals surface area contributed by atoms with E-state index in [9.17, 15) is 9.18 Å². The maximum Gasteiger partial charge on any atom is 0.238 e. The van der Waals surface area contributed by atoms with Crippen LogP contribution >= 0.6 is 0 Å². The van der Waals surface area contributed by atoms with Crippen molar-refractivity contribution in [3.8, 4) is 0 Å². The lowest BCUT2D eigenvalue weighted by molar-refractivity contribution is -0.251. The Bertz CT molecular complexity index is 480. The molecule has 0 saturated carbocycles. The largest absolute Gasteiger partial charge is 0.356 e. The fourth-order valence-corrected chi connectivity index (χ4v) is 2.54. The van der Waals surface area contributed by atoms with Crippen LogP contribution in [0, 0.1) is 5.41 Å². The maximum atomic E-state index is 13.9. The molecule has 1 fully saturated rings. The van der Waals surface area contributed by atoms with E-state index in [0.717, 1.165) is 5.56 Å². The van der Waals surface area contributed by atoms with Crippen LogP contribution in [-0.2, 0) is 20.8 Å². The lowest BCUT2D eigenvalue weighted by atomic mass is 9.74. The molecule has 1 amide bonds. The zero-order chi connectivity index (χ0) is 15.5. The molecule has 1 aromatic carbocycles. The Kier molecular flexibility index (Phi) is 4.96. The van der Waals surface area contributed by atoms with Gasteiger partial charge in [-0.2, -0.15) is 0 Å². The van der Waals surface area contributed by atoms with Gasteiger partial charge >= 0.3 is 0 Å². The summed E-state index contributed by atoms with van der Waals surface area (Å²) in [5.74, 6) is -0.220. The van der Waals surface area contributed by atoms with Gasteiger partial charge in [-0.05, 0) is 26.3 Å². The van der Waals surface area contributed by atoms with Gasteiger partial charge in [0.25, 0.3) is 0 Å². The molecule has 1 heterocycles. The Labute approximate surface area is 124 Å². The topological polar surface area (TPSA) is 38.8 Å². The molecule has 0 spiro atoms. The number of hydrogen-bond acceptors (Lipinski definition) is 3. The number of ether oxygens (including phenoxy) is 2. The quantitative estimate of drug-likeness (QED) is 0.441. The van der Waals surface area contributed by atoms with Gasteiger partial charge in [-0.3, -0.25) is 4.79 Å². The number of carbonyl (C=O) groups is 1. The van der Waals surface area contributed by atoms with Gasteiger partial charge in [-0.1, -0.05) is 30.3 Å². The van der Waals surface area contributed by atoms with Crippen molar-refractivity contribution in [1.29, 1.82) is 0 Å². The Hall–Kier alpha value is -1.46. The summed E-state index contributed by atoms with van der Waals surface area (Å²) in [6, 6.07) is 9.60.